The summed E-state index contributed by atoms with van der Waals surface area (Å²) >= 11 is 0. The lowest BCUT2D eigenvalue weighted by Gasteiger charge is -2.11. The minimum Gasteiger partial charge on any atom is -0.457 e. The Labute approximate surface area is 147 Å². The first kappa shape index (κ1) is 18.4. The normalized spacial score (nSPS) is 10.2. The van der Waals surface area contributed by atoms with Crippen molar-refractivity contribution in [3.05, 3.63) is 65.2 Å². The van der Waals surface area contributed by atoms with Gasteiger partial charge in [-0.15, -0.1) is 0 Å². The molecule has 130 valence electrons. The molecule has 2 aromatic carbocycles. The van der Waals surface area contributed by atoms with Crippen LogP contribution in [0.15, 0.2) is 48.5 Å². The monoisotopic (exact) mass is 339 g/mol. The van der Waals surface area contributed by atoms with Gasteiger partial charge in [0.25, 0.3) is 0 Å². The number of benzene rings is 2. The molecule has 1 N–H and O–H groups in total. The van der Waals surface area contributed by atoms with Crippen LogP contribution in [0.1, 0.15) is 34.3 Å². The summed E-state index contributed by atoms with van der Waals surface area (Å²) in [5.74, 6) is -1.10. The molecule has 0 fully saturated rings. The number of ether oxygens (including phenoxy) is 1. The highest BCUT2D eigenvalue weighted by molar-refractivity contribution is 5.98. The Morgan fingerprint density at radius 2 is 1.52 bits per heavy atom. The zero-order valence-corrected chi connectivity index (χ0v) is 14.4. The van der Waals surface area contributed by atoms with E-state index in [-0.39, 0.29) is 31.1 Å². The maximum absolute atomic E-state index is 12.0. The third kappa shape index (κ3) is 5.57. The van der Waals surface area contributed by atoms with Crippen LogP contribution in [0.2, 0.25) is 0 Å². The van der Waals surface area contributed by atoms with Crippen LogP contribution in [0.4, 0.5) is 5.69 Å². The number of amides is 1. The molecule has 2 aromatic rings. The van der Waals surface area contributed by atoms with E-state index in [1.807, 2.05) is 32.0 Å². The van der Waals surface area contributed by atoms with Crippen molar-refractivity contribution in [2.75, 3.05) is 11.9 Å². The molecule has 2 rings (SSSR count). The van der Waals surface area contributed by atoms with E-state index in [0.29, 0.717) is 5.56 Å². The summed E-state index contributed by atoms with van der Waals surface area (Å²) in [6.45, 7) is 3.50. The molecule has 1 amide bonds. The Morgan fingerprint density at radius 1 is 0.880 bits per heavy atom. The lowest BCUT2D eigenvalue weighted by Crippen LogP contribution is -2.18. The number of hydrogen-bond donors (Lipinski definition) is 1. The van der Waals surface area contributed by atoms with Crippen molar-refractivity contribution in [1.29, 1.82) is 0 Å². The summed E-state index contributed by atoms with van der Waals surface area (Å²) in [4.78, 5) is 35.6. The Kier molecular flexibility index (Phi) is 6.46. The van der Waals surface area contributed by atoms with Crippen LogP contribution in [0.5, 0.6) is 0 Å². The van der Waals surface area contributed by atoms with Gasteiger partial charge in [-0.3, -0.25) is 14.4 Å². The lowest BCUT2D eigenvalue weighted by atomic mass is 10.1. The molecule has 0 spiro atoms. The van der Waals surface area contributed by atoms with Crippen LogP contribution in [0, 0.1) is 13.8 Å². The molecule has 0 aliphatic heterocycles. The SMILES string of the molecule is Cc1cccc(C)c1NC(=O)CCC(=O)OCC(=O)c1ccccc1. The first-order valence-corrected chi connectivity index (χ1v) is 8.07. The second kappa shape index (κ2) is 8.78. The topological polar surface area (TPSA) is 72.5 Å². The van der Waals surface area contributed by atoms with Gasteiger partial charge < -0.3 is 10.1 Å². The van der Waals surface area contributed by atoms with E-state index in [2.05, 4.69) is 5.32 Å². The first-order valence-electron chi connectivity index (χ1n) is 8.07. The van der Waals surface area contributed by atoms with Gasteiger partial charge in [0.1, 0.15) is 0 Å². The number of nitrogens with one attached hydrogen (secondary N) is 1. The molecule has 0 unspecified atom stereocenters. The number of esters is 1. The summed E-state index contributed by atoms with van der Waals surface area (Å²) in [5, 5.41) is 2.81. The van der Waals surface area contributed by atoms with Crippen molar-refractivity contribution in [2.24, 2.45) is 0 Å². The van der Waals surface area contributed by atoms with Crippen LogP contribution in [-0.2, 0) is 14.3 Å². The molecule has 5 heteroatoms. The fraction of sp³-hybridized carbons (Fsp3) is 0.250. The summed E-state index contributed by atoms with van der Waals surface area (Å²) in [6, 6.07) is 14.3. The van der Waals surface area contributed by atoms with Crippen molar-refractivity contribution >= 4 is 23.3 Å². The molecule has 0 bridgehead atoms. The number of Topliss-reactive ketones (excluding diaryl/α,β-unsaturated/α-hetero) is 1. The largest absolute Gasteiger partial charge is 0.457 e. The third-order valence-electron chi connectivity index (χ3n) is 3.76. The average molecular weight is 339 g/mol. The fourth-order valence-corrected chi connectivity index (χ4v) is 2.35. The van der Waals surface area contributed by atoms with Crippen LogP contribution >= 0.6 is 0 Å². The van der Waals surface area contributed by atoms with Crippen molar-refractivity contribution < 1.29 is 19.1 Å². The first-order chi connectivity index (χ1) is 12.0. The molecule has 0 radical (unpaired) electrons. The van der Waals surface area contributed by atoms with E-state index >= 15 is 0 Å². The van der Waals surface area contributed by atoms with Gasteiger partial charge in [-0.1, -0.05) is 48.5 Å². The molecular weight excluding hydrogens is 318 g/mol. The summed E-state index contributed by atoms with van der Waals surface area (Å²) in [7, 11) is 0. The molecule has 5 nitrogen and oxygen atoms in total. The number of carbonyl (C=O) groups excluding carboxylic acids is 3. The Bertz CT molecular complexity index is 748. The van der Waals surface area contributed by atoms with Gasteiger partial charge in [-0.25, -0.2) is 0 Å². The summed E-state index contributed by atoms with van der Waals surface area (Å²) < 4.78 is 4.94. The highest BCUT2D eigenvalue weighted by atomic mass is 16.5. The van der Waals surface area contributed by atoms with E-state index in [0.717, 1.165) is 16.8 Å². The van der Waals surface area contributed by atoms with E-state index in [4.69, 9.17) is 4.74 Å². The van der Waals surface area contributed by atoms with Gasteiger partial charge in [0.15, 0.2) is 12.4 Å². The highest BCUT2D eigenvalue weighted by Gasteiger charge is 2.13. The molecule has 0 saturated heterocycles. The molecule has 25 heavy (non-hydrogen) atoms. The average Bonchev–Trinajstić information content (AvgIpc) is 2.62. The molecule has 0 atom stereocenters. The minimum atomic E-state index is -0.569. The molecule has 0 aliphatic carbocycles. The number of rotatable bonds is 7. The summed E-state index contributed by atoms with van der Waals surface area (Å²) in [6.07, 6.45) is -0.0645. The van der Waals surface area contributed by atoms with E-state index in [1.165, 1.54) is 0 Å². The third-order valence-corrected chi connectivity index (χ3v) is 3.76. The van der Waals surface area contributed by atoms with Gasteiger partial charge >= 0.3 is 5.97 Å². The van der Waals surface area contributed by atoms with Crippen molar-refractivity contribution in [3.63, 3.8) is 0 Å². The maximum Gasteiger partial charge on any atom is 0.306 e. The van der Waals surface area contributed by atoms with Crippen LogP contribution in [0.25, 0.3) is 0 Å². The zero-order valence-electron chi connectivity index (χ0n) is 14.4. The zero-order chi connectivity index (χ0) is 18.2. The predicted molar refractivity (Wildman–Crippen MR) is 95.5 cm³/mol. The van der Waals surface area contributed by atoms with Gasteiger partial charge in [0.05, 0.1) is 6.42 Å². The van der Waals surface area contributed by atoms with E-state index < -0.39 is 5.97 Å². The summed E-state index contributed by atoms with van der Waals surface area (Å²) in [5.41, 5.74) is 3.18. The highest BCUT2D eigenvalue weighted by Crippen LogP contribution is 2.19. The van der Waals surface area contributed by atoms with Gasteiger partial charge in [0, 0.05) is 17.7 Å². The van der Waals surface area contributed by atoms with Crippen LogP contribution in [-0.4, -0.2) is 24.3 Å². The fourth-order valence-electron chi connectivity index (χ4n) is 2.35. The number of anilines is 1. The van der Waals surface area contributed by atoms with E-state index in [9.17, 15) is 14.4 Å². The number of hydrogen-bond acceptors (Lipinski definition) is 4. The molecule has 0 heterocycles. The number of carbonyl (C=O) groups is 3. The van der Waals surface area contributed by atoms with Crippen molar-refractivity contribution in [3.8, 4) is 0 Å². The molecule has 0 aliphatic rings. The Balaban J connectivity index is 1.76. The molecule has 0 aromatic heterocycles. The number of para-hydroxylation sites is 1. The van der Waals surface area contributed by atoms with Crippen LogP contribution in [0.3, 0.4) is 0 Å². The number of ketones is 1. The van der Waals surface area contributed by atoms with Crippen molar-refractivity contribution in [1.82, 2.24) is 0 Å². The van der Waals surface area contributed by atoms with Crippen LogP contribution < -0.4 is 5.32 Å². The standard InChI is InChI=1S/C20H21NO4/c1-14-7-6-8-15(2)20(14)21-18(23)11-12-19(24)25-13-17(22)16-9-4-3-5-10-16/h3-10H,11-13H2,1-2H3,(H,21,23). The van der Waals surface area contributed by atoms with E-state index in [1.54, 1.807) is 30.3 Å². The van der Waals surface area contributed by atoms with Gasteiger partial charge in [0.2, 0.25) is 5.91 Å². The maximum atomic E-state index is 12.0. The minimum absolute atomic E-state index is 0.00609. The van der Waals surface area contributed by atoms with Crippen molar-refractivity contribution in [2.45, 2.75) is 26.7 Å². The Morgan fingerprint density at radius 3 is 2.16 bits per heavy atom. The lowest BCUT2D eigenvalue weighted by molar-refractivity contribution is -0.143. The molecular formula is C20H21NO4. The number of aryl methyl sites for hydroxylation is 2. The van der Waals surface area contributed by atoms with Gasteiger partial charge in [-0.05, 0) is 25.0 Å². The smallest absolute Gasteiger partial charge is 0.306 e. The predicted octanol–water partition coefficient (Wildman–Crippen LogP) is 3.45. The Hall–Kier alpha value is -2.95. The second-order valence-corrected chi connectivity index (χ2v) is 5.76. The second-order valence-electron chi connectivity index (χ2n) is 5.76. The quantitative estimate of drug-likeness (QED) is 0.619. The van der Waals surface area contributed by atoms with Gasteiger partial charge in [-0.2, -0.15) is 0 Å². The molecule has 0 saturated carbocycles.